The molecule has 1 heterocycles. The van der Waals surface area contributed by atoms with E-state index in [1.54, 1.807) is 24.5 Å². The molecule has 0 radical (unpaired) electrons. The van der Waals surface area contributed by atoms with Crippen LogP contribution in [0.2, 0.25) is 0 Å². The highest BCUT2D eigenvalue weighted by atomic mass is 19.1. The number of nitrogens with zero attached hydrogens (tertiary/aromatic N) is 2. The van der Waals surface area contributed by atoms with Crippen LogP contribution in [0.25, 0.3) is 11.1 Å². The fourth-order valence-corrected chi connectivity index (χ4v) is 1.62. The van der Waals surface area contributed by atoms with Crippen molar-refractivity contribution in [1.82, 2.24) is 9.97 Å². The van der Waals surface area contributed by atoms with E-state index in [1.165, 1.54) is 12.1 Å². The van der Waals surface area contributed by atoms with Gasteiger partial charge in [-0.2, -0.15) is 0 Å². The Morgan fingerprint density at radius 1 is 1.16 bits per heavy atom. The van der Waals surface area contributed by atoms with E-state index in [2.05, 4.69) is 15.3 Å². The summed E-state index contributed by atoms with van der Waals surface area (Å²) in [5, 5.41) is 3.10. The van der Waals surface area contributed by atoms with Crippen molar-refractivity contribution in [3.05, 3.63) is 42.5 Å². The lowest BCUT2D eigenvalue weighted by molar-refractivity contribution is 0.628. The Balaban J connectivity index is 2.00. The smallest absolute Gasteiger partial charge is 0.222 e. The number of halogens is 1. The number of aromatic nitrogens is 2. The Morgan fingerprint density at radius 3 is 2.37 bits per heavy atom. The number of nitrogens with two attached hydrogens (primary N) is 1. The van der Waals surface area contributed by atoms with Gasteiger partial charge in [0, 0.05) is 30.5 Å². The minimum Gasteiger partial charge on any atom is -0.354 e. The van der Waals surface area contributed by atoms with Gasteiger partial charge >= 0.3 is 0 Å². The Kier molecular flexibility index (Phi) is 4.41. The van der Waals surface area contributed by atoms with Crippen LogP contribution in [-0.4, -0.2) is 22.6 Å². The van der Waals surface area contributed by atoms with E-state index < -0.39 is 0 Å². The summed E-state index contributed by atoms with van der Waals surface area (Å²) in [6.07, 6.45) is 4.30. The molecule has 0 spiro atoms. The van der Waals surface area contributed by atoms with E-state index in [9.17, 15) is 4.39 Å². The largest absolute Gasteiger partial charge is 0.354 e. The molecule has 2 rings (SSSR count). The summed E-state index contributed by atoms with van der Waals surface area (Å²) in [6, 6.07) is 6.41. The first-order chi connectivity index (χ1) is 9.15. The van der Waals surface area contributed by atoms with Crippen LogP contribution < -0.4 is 11.1 Å². The van der Waals surface area contributed by atoms with Gasteiger partial charge in [-0.15, -0.1) is 0 Å². The number of hydrogen-bond donors (Lipinski definition) is 2. The van der Waals surface area contributed by atoms with Gasteiger partial charge in [0.05, 0.1) is 0 Å². The molecule has 100 valence electrons. The molecule has 19 heavy (non-hydrogen) atoms. The molecule has 4 nitrogen and oxygen atoms in total. The highest BCUT2D eigenvalue weighted by Crippen LogP contribution is 2.18. The maximum atomic E-state index is 12.8. The number of benzene rings is 1. The van der Waals surface area contributed by atoms with E-state index in [1.807, 2.05) is 6.92 Å². The third kappa shape index (κ3) is 3.99. The average molecular weight is 260 g/mol. The molecule has 1 aromatic carbocycles. The van der Waals surface area contributed by atoms with Crippen molar-refractivity contribution in [2.75, 3.05) is 11.9 Å². The summed E-state index contributed by atoms with van der Waals surface area (Å²) in [6.45, 7) is 2.70. The summed E-state index contributed by atoms with van der Waals surface area (Å²) in [7, 11) is 0. The first-order valence-corrected chi connectivity index (χ1v) is 6.22. The minimum atomic E-state index is -0.251. The van der Waals surface area contributed by atoms with Gasteiger partial charge in [-0.25, -0.2) is 14.4 Å². The quantitative estimate of drug-likeness (QED) is 0.866. The van der Waals surface area contributed by atoms with Gasteiger partial charge in [0.15, 0.2) is 0 Å². The van der Waals surface area contributed by atoms with Gasteiger partial charge in [-0.05, 0) is 31.0 Å². The van der Waals surface area contributed by atoms with E-state index in [0.717, 1.165) is 24.1 Å². The molecule has 1 unspecified atom stereocenters. The predicted molar refractivity (Wildman–Crippen MR) is 74.2 cm³/mol. The van der Waals surface area contributed by atoms with Crippen LogP contribution in [0.3, 0.4) is 0 Å². The van der Waals surface area contributed by atoms with Crippen LogP contribution in [-0.2, 0) is 0 Å². The highest BCUT2D eigenvalue weighted by Gasteiger charge is 2.01. The fourth-order valence-electron chi connectivity index (χ4n) is 1.62. The molecule has 0 fully saturated rings. The van der Waals surface area contributed by atoms with E-state index in [0.29, 0.717) is 5.95 Å². The second-order valence-corrected chi connectivity index (χ2v) is 4.49. The lowest BCUT2D eigenvalue weighted by Crippen LogP contribution is -2.19. The monoisotopic (exact) mass is 260 g/mol. The molecule has 3 N–H and O–H groups in total. The van der Waals surface area contributed by atoms with Gasteiger partial charge in [0.1, 0.15) is 5.82 Å². The van der Waals surface area contributed by atoms with E-state index >= 15 is 0 Å². The molecule has 0 aliphatic carbocycles. The van der Waals surface area contributed by atoms with Crippen molar-refractivity contribution < 1.29 is 4.39 Å². The first-order valence-electron chi connectivity index (χ1n) is 6.22. The van der Waals surface area contributed by atoms with E-state index in [4.69, 9.17) is 5.73 Å². The zero-order valence-electron chi connectivity index (χ0n) is 10.8. The maximum absolute atomic E-state index is 12.8. The second kappa shape index (κ2) is 6.24. The van der Waals surface area contributed by atoms with Crippen molar-refractivity contribution in [3.8, 4) is 11.1 Å². The van der Waals surface area contributed by atoms with Crippen molar-refractivity contribution in [2.24, 2.45) is 5.73 Å². The molecule has 1 aromatic heterocycles. The average Bonchev–Trinajstić information content (AvgIpc) is 2.40. The first kappa shape index (κ1) is 13.4. The summed E-state index contributed by atoms with van der Waals surface area (Å²) < 4.78 is 12.8. The van der Waals surface area contributed by atoms with E-state index in [-0.39, 0.29) is 11.9 Å². The van der Waals surface area contributed by atoms with Crippen LogP contribution in [0.15, 0.2) is 36.7 Å². The zero-order valence-corrected chi connectivity index (χ0v) is 10.8. The van der Waals surface area contributed by atoms with Crippen LogP contribution in [0, 0.1) is 5.82 Å². The normalized spacial score (nSPS) is 12.2. The van der Waals surface area contributed by atoms with Crippen molar-refractivity contribution >= 4 is 5.95 Å². The standard InChI is InChI=1S/C14H17FN4/c1-10(16)6-7-17-14-18-8-12(9-19-14)11-2-4-13(15)5-3-11/h2-5,8-10H,6-7,16H2,1H3,(H,17,18,19). The lowest BCUT2D eigenvalue weighted by Gasteiger charge is -2.07. The Bertz CT molecular complexity index is 508. The summed E-state index contributed by atoms with van der Waals surface area (Å²) >= 11 is 0. The van der Waals surface area contributed by atoms with Gasteiger partial charge in [0.25, 0.3) is 0 Å². The molecule has 0 aliphatic heterocycles. The third-order valence-corrected chi connectivity index (χ3v) is 2.71. The number of nitrogens with one attached hydrogen (secondary N) is 1. The molecule has 0 aliphatic rings. The van der Waals surface area contributed by atoms with Crippen LogP contribution in [0.4, 0.5) is 10.3 Å². The SMILES string of the molecule is CC(N)CCNc1ncc(-c2ccc(F)cc2)cn1. The third-order valence-electron chi connectivity index (χ3n) is 2.71. The van der Waals surface area contributed by atoms with Gasteiger partial charge in [-0.3, -0.25) is 0 Å². The van der Waals surface area contributed by atoms with Gasteiger partial charge in [0.2, 0.25) is 5.95 Å². The van der Waals surface area contributed by atoms with Gasteiger partial charge in [-0.1, -0.05) is 12.1 Å². The van der Waals surface area contributed by atoms with Crippen molar-refractivity contribution in [2.45, 2.75) is 19.4 Å². The van der Waals surface area contributed by atoms with Crippen LogP contribution in [0.5, 0.6) is 0 Å². The molecular weight excluding hydrogens is 243 g/mol. The van der Waals surface area contributed by atoms with Gasteiger partial charge < -0.3 is 11.1 Å². The molecule has 5 heteroatoms. The lowest BCUT2D eigenvalue weighted by atomic mass is 10.1. The molecule has 0 amide bonds. The zero-order chi connectivity index (χ0) is 13.7. The minimum absolute atomic E-state index is 0.158. The Morgan fingerprint density at radius 2 is 1.79 bits per heavy atom. The summed E-state index contributed by atoms with van der Waals surface area (Å²) in [5.74, 6) is 0.324. The fraction of sp³-hybridized carbons (Fsp3) is 0.286. The number of rotatable bonds is 5. The Labute approximate surface area is 111 Å². The topological polar surface area (TPSA) is 63.8 Å². The molecule has 0 bridgehead atoms. The molecule has 2 aromatic rings. The van der Waals surface area contributed by atoms with Crippen molar-refractivity contribution in [1.29, 1.82) is 0 Å². The number of anilines is 1. The van der Waals surface area contributed by atoms with Crippen LogP contribution in [0.1, 0.15) is 13.3 Å². The second-order valence-electron chi connectivity index (χ2n) is 4.49. The van der Waals surface area contributed by atoms with Crippen molar-refractivity contribution in [3.63, 3.8) is 0 Å². The Hall–Kier alpha value is -2.01. The molecule has 0 saturated carbocycles. The maximum Gasteiger partial charge on any atom is 0.222 e. The summed E-state index contributed by atoms with van der Waals surface area (Å²) in [4.78, 5) is 8.44. The summed E-state index contributed by atoms with van der Waals surface area (Å²) in [5.41, 5.74) is 7.41. The number of hydrogen-bond acceptors (Lipinski definition) is 4. The molecular formula is C14H17FN4. The molecule has 1 atom stereocenters. The predicted octanol–water partition coefficient (Wildman–Crippen LogP) is 2.43. The highest BCUT2D eigenvalue weighted by molar-refractivity contribution is 5.61. The molecule has 0 saturated heterocycles. The van der Waals surface area contributed by atoms with Crippen LogP contribution >= 0.6 is 0 Å².